The molecule has 0 unspecified atom stereocenters. The Balaban J connectivity index is 2.68. The minimum Gasteiger partial charge on any atom is -0.456 e. The molecule has 1 aromatic rings. The van der Waals surface area contributed by atoms with Crippen LogP contribution in [0.2, 0.25) is 0 Å². The van der Waals surface area contributed by atoms with E-state index in [2.05, 4.69) is 0 Å². The molecule has 0 saturated carbocycles. The largest absolute Gasteiger partial charge is 0.456 e. The summed E-state index contributed by atoms with van der Waals surface area (Å²) < 4.78 is 5.27. The van der Waals surface area contributed by atoms with Gasteiger partial charge in [-0.05, 0) is 44.9 Å². The summed E-state index contributed by atoms with van der Waals surface area (Å²) in [7, 11) is 0. The van der Waals surface area contributed by atoms with Gasteiger partial charge in [0.2, 0.25) is 0 Å². The molecule has 4 heteroatoms. The fourth-order valence-corrected chi connectivity index (χ4v) is 1.63. The highest BCUT2D eigenvalue weighted by atomic mass is 16.6. The van der Waals surface area contributed by atoms with E-state index < -0.39 is 5.60 Å². The van der Waals surface area contributed by atoms with Gasteiger partial charge in [-0.3, -0.25) is 0 Å². The zero-order chi connectivity index (χ0) is 14.5. The van der Waals surface area contributed by atoms with Crippen LogP contribution in [0.4, 0.5) is 0 Å². The SMILES string of the molecule is CC(C)(C)OC(=O)c1ccc(CC(CO)CO)cc1. The summed E-state index contributed by atoms with van der Waals surface area (Å²) in [6, 6.07) is 7.04. The third-order valence-electron chi connectivity index (χ3n) is 2.63. The number of aliphatic hydroxyl groups is 2. The van der Waals surface area contributed by atoms with E-state index in [4.69, 9.17) is 14.9 Å². The normalized spacial score (nSPS) is 11.7. The first kappa shape index (κ1) is 15.7. The minimum atomic E-state index is -0.505. The molecule has 0 saturated heterocycles. The van der Waals surface area contributed by atoms with Crippen LogP contribution in [0.3, 0.4) is 0 Å². The highest BCUT2D eigenvalue weighted by Gasteiger charge is 2.17. The second kappa shape index (κ2) is 6.68. The lowest BCUT2D eigenvalue weighted by Crippen LogP contribution is -2.23. The van der Waals surface area contributed by atoms with E-state index in [1.54, 1.807) is 12.1 Å². The molecule has 0 amide bonds. The Labute approximate surface area is 114 Å². The van der Waals surface area contributed by atoms with Gasteiger partial charge < -0.3 is 14.9 Å². The van der Waals surface area contributed by atoms with Crippen molar-refractivity contribution in [3.8, 4) is 0 Å². The van der Waals surface area contributed by atoms with Gasteiger partial charge in [0.05, 0.1) is 5.56 Å². The monoisotopic (exact) mass is 266 g/mol. The number of aliphatic hydroxyl groups excluding tert-OH is 2. The number of benzene rings is 1. The summed E-state index contributed by atoms with van der Waals surface area (Å²) in [5.74, 6) is -0.507. The van der Waals surface area contributed by atoms with Crippen molar-refractivity contribution in [2.24, 2.45) is 5.92 Å². The Morgan fingerprint density at radius 3 is 2.11 bits per heavy atom. The van der Waals surface area contributed by atoms with Gasteiger partial charge in [-0.15, -0.1) is 0 Å². The Hall–Kier alpha value is -1.39. The Morgan fingerprint density at radius 2 is 1.68 bits per heavy atom. The number of rotatable bonds is 5. The zero-order valence-corrected chi connectivity index (χ0v) is 11.7. The molecule has 0 atom stereocenters. The van der Waals surface area contributed by atoms with Crippen LogP contribution >= 0.6 is 0 Å². The molecule has 1 aromatic carbocycles. The number of hydrogen-bond acceptors (Lipinski definition) is 4. The summed E-state index contributed by atoms with van der Waals surface area (Å²) in [5, 5.41) is 18.0. The molecule has 0 spiro atoms. The molecule has 2 N–H and O–H groups in total. The summed E-state index contributed by atoms with van der Waals surface area (Å²) in [6.45, 7) is 5.37. The molecule has 0 heterocycles. The molecule has 19 heavy (non-hydrogen) atoms. The van der Waals surface area contributed by atoms with E-state index in [9.17, 15) is 4.79 Å². The molecule has 106 valence electrons. The first-order chi connectivity index (χ1) is 8.85. The van der Waals surface area contributed by atoms with Crippen molar-refractivity contribution in [3.05, 3.63) is 35.4 Å². The van der Waals surface area contributed by atoms with Crippen LogP contribution in [0, 0.1) is 5.92 Å². The lowest BCUT2D eigenvalue weighted by Gasteiger charge is -2.19. The predicted octanol–water partition coefficient (Wildman–Crippen LogP) is 1.79. The molecular formula is C15H22O4. The quantitative estimate of drug-likeness (QED) is 0.797. The van der Waals surface area contributed by atoms with E-state index in [1.165, 1.54) is 0 Å². The second-order valence-electron chi connectivity index (χ2n) is 5.63. The van der Waals surface area contributed by atoms with Crippen molar-refractivity contribution in [1.82, 2.24) is 0 Å². The van der Waals surface area contributed by atoms with E-state index >= 15 is 0 Å². The third-order valence-corrected chi connectivity index (χ3v) is 2.63. The van der Waals surface area contributed by atoms with Gasteiger partial charge in [-0.1, -0.05) is 12.1 Å². The van der Waals surface area contributed by atoms with Crippen molar-refractivity contribution in [1.29, 1.82) is 0 Å². The molecule has 0 aliphatic carbocycles. The van der Waals surface area contributed by atoms with Crippen LogP contribution in [0.1, 0.15) is 36.7 Å². The number of hydrogen-bond donors (Lipinski definition) is 2. The fraction of sp³-hybridized carbons (Fsp3) is 0.533. The van der Waals surface area contributed by atoms with Gasteiger partial charge in [-0.25, -0.2) is 4.79 Å². The molecule has 0 bridgehead atoms. The van der Waals surface area contributed by atoms with Gasteiger partial charge in [0.15, 0.2) is 0 Å². The number of carbonyl (C=O) groups excluding carboxylic acids is 1. The molecule has 0 fully saturated rings. The standard InChI is InChI=1S/C15H22O4/c1-15(2,3)19-14(18)13-6-4-11(5-7-13)8-12(9-16)10-17/h4-7,12,16-17H,8-10H2,1-3H3. The van der Waals surface area contributed by atoms with Crippen molar-refractivity contribution in [2.75, 3.05) is 13.2 Å². The third kappa shape index (κ3) is 5.41. The first-order valence-electron chi connectivity index (χ1n) is 6.39. The van der Waals surface area contributed by atoms with Crippen molar-refractivity contribution in [2.45, 2.75) is 32.8 Å². The van der Waals surface area contributed by atoms with Crippen LogP contribution in [-0.2, 0) is 11.2 Å². The van der Waals surface area contributed by atoms with E-state index in [0.29, 0.717) is 12.0 Å². The number of carbonyl (C=O) groups is 1. The van der Waals surface area contributed by atoms with Crippen molar-refractivity contribution in [3.63, 3.8) is 0 Å². The summed E-state index contributed by atoms with van der Waals surface area (Å²) in [5.41, 5.74) is 0.970. The first-order valence-corrected chi connectivity index (χ1v) is 6.39. The van der Waals surface area contributed by atoms with E-state index in [0.717, 1.165) is 5.56 Å². The Bertz CT molecular complexity index is 399. The second-order valence-corrected chi connectivity index (χ2v) is 5.63. The summed E-state index contributed by atoms with van der Waals surface area (Å²) in [4.78, 5) is 11.8. The van der Waals surface area contributed by atoms with Gasteiger partial charge in [0.25, 0.3) is 0 Å². The average Bonchev–Trinajstić information content (AvgIpc) is 2.34. The molecular weight excluding hydrogens is 244 g/mol. The highest BCUT2D eigenvalue weighted by molar-refractivity contribution is 5.89. The maximum absolute atomic E-state index is 11.8. The minimum absolute atomic E-state index is 0.0513. The molecule has 4 nitrogen and oxygen atoms in total. The van der Waals surface area contributed by atoms with Crippen LogP contribution < -0.4 is 0 Å². The smallest absolute Gasteiger partial charge is 0.338 e. The van der Waals surface area contributed by atoms with Gasteiger partial charge >= 0.3 is 5.97 Å². The fourth-order valence-electron chi connectivity index (χ4n) is 1.63. The van der Waals surface area contributed by atoms with Gasteiger partial charge in [0, 0.05) is 19.1 Å². The van der Waals surface area contributed by atoms with E-state index in [-0.39, 0.29) is 25.1 Å². The maximum Gasteiger partial charge on any atom is 0.338 e. The molecule has 0 aliphatic heterocycles. The number of ether oxygens (including phenoxy) is 1. The van der Waals surface area contributed by atoms with Crippen LogP contribution in [0.15, 0.2) is 24.3 Å². The average molecular weight is 266 g/mol. The molecule has 0 aliphatic rings. The van der Waals surface area contributed by atoms with E-state index in [1.807, 2.05) is 32.9 Å². The molecule has 0 radical (unpaired) electrons. The summed E-state index contributed by atoms with van der Waals surface area (Å²) >= 11 is 0. The summed E-state index contributed by atoms with van der Waals surface area (Å²) in [6.07, 6.45) is 0.585. The van der Waals surface area contributed by atoms with Gasteiger partial charge in [0.1, 0.15) is 5.60 Å². The molecule has 0 aromatic heterocycles. The van der Waals surface area contributed by atoms with Crippen molar-refractivity contribution < 1.29 is 19.7 Å². The maximum atomic E-state index is 11.8. The lowest BCUT2D eigenvalue weighted by atomic mass is 10.00. The highest BCUT2D eigenvalue weighted by Crippen LogP contribution is 2.14. The van der Waals surface area contributed by atoms with Gasteiger partial charge in [-0.2, -0.15) is 0 Å². The van der Waals surface area contributed by atoms with Crippen LogP contribution in [0.5, 0.6) is 0 Å². The number of esters is 1. The topological polar surface area (TPSA) is 66.8 Å². The van der Waals surface area contributed by atoms with Crippen LogP contribution in [-0.4, -0.2) is 35.0 Å². The van der Waals surface area contributed by atoms with Crippen LogP contribution in [0.25, 0.3) is 0 Å². The van der Waals surface area contributed by atoms with Crippen molar-refractivity contribution >= 4 is 5.97 Å². The Morgan fingerprint density at radius 1 is 1.16 bits per heavy atom. The Kier molecular flexibility index (Phi) is 5.51. The predicted molar refractivity (Wildman–Crippen MR) is 73.0 cm³/mol. The molecule has 1 rings (SSSR count). The lowest BCUT2D eigenvalue weighted by molar-refractivity contribution is 0.00695. The zero-order valence-electron chi connectivity index (χ0n) is 11.7.